The second kappa shape index (κ2) is 7.63. The van der Waals surface area contributed by atoms with Crippen molar-refractivity contribution < 1.29 is 29.7 Å². The lowest BCUT2D eigenvalue weighted by atomic mass is 10.2. The van der Waals surface area contributed by atoms with Gasteiger partial charge in [0.1, 0.15) is 23.9 Å². The zero-order valence-electron chi connectivity index (χ0n) is 12.3. The molecule has 0 saturated heterocycles. The second-order valence-corrected chi connectivity index (χ2v) is 4.68. The van der Waals surface area contributed by atoms with Gasteiger partial charge in [-0.3, -0.25) is 0 Å². The Morgan fingerprint density at radius 2 is 1.88 bits per heavy atom. The molecule has 2 aromatic rings. The van der Waals surface area contributed by atoms with Crippen LogP contribution in [0, 0.1) is 10.1 Å². The van der Waals surface area contributed by atoms with Gasteiger partial charge in [0, 0.05) is 12.1 Å². The maximum atomic E-state index is 11.8. The van der Waals surface area contributed by atoms with E-state index in [4.69, 9.17) is 4.74 Å². The highest BCUT2D eigenvalue weighted by atomic mass is 16.9. The van der Waals surface area contributed by atoms with Gasteiger partial charge in [0.05, 0.1) is 0 Å². The van der Waals surface area contributed by atoms with Crippen LogP contribution in [0.4, 0.5) is 0 Å². The molecule has 0 aliphatic heterocycles. The number of aromatic hydroxyl groups is 2. The Bertz CT molecular complexity index is 765. The summed E-state index contributed by atoms with van der Waals surface area (Å²) in [7, 11) is 0. The van der Waals surface area contributed by atoms with E-state index in [1.807, 2.05) is 0 Å². The molecule has 24 heavy (non-hydrogen) atoms. The lowest BCUT2D eigenvalue weighted by molar-refractivity contribution is -0.763. The summed E-state index contributed by atoms with van der Waals surface area (Å²) in [6.07, 6.45) is 2.48. The normalized spacial score (nSPS) is 10.5. The maximum Gasteiger partial charge on any atom is 0.336 e. The monoisotopic (exact) mass is 331 g/mol. The van der Waals surface area contributed by atoms with Gasteiger partial charge in [0.15, 0.2) is 0 Å². The number of carbonyl (C=O) groups is 1. The summed E-state index contributed by atoms with van der Waals surface area (Å²) < 4.78 is 5.07. The zero-order chi connectivity index (χ0) is 17.5. The quantitative estimate of drug-likeness (QED) is 0.274. The fourth-order valence-corrected chi connectivity index (χ4v) is 1.85. The minimum Gasteiger partial charge on any atom is -0.508 e. The summed E-state index contributed by atoms with van der Waals surface area (Å²) in [5, 5.41) is 27.9. The Morgan fingerprint density at radius 1 is 1.17 bits per heavy atom. The molecule has 0 bridgehead atoms. The molecule has 0 atom stereocenters. The average Bonchev–Trinajstić information content (AvgIpc) is 2.50. The number of esters is 1. The summed E-state index contributed by atoms with van der Waals surface area (Å²) >= 11 is 0. The Labute approximate surface area is 136 Å². The van der Waals surface area contributed by atoms with E-state index in [2.05, 4.69) is 4.84 Å². The maximum absolute atomic E-state index is 11.8. The molecule has 0 aliphatic rings. The number of hydrogen-bond donors (Lipinski definition) is 2. The van der Waals surface area contributed by atoms with Crippen molar-refractivity contribution in [2.24, 2.45) is 0 Å². The first-order chi connectivity index (χ1) is 11.4. The van der Waals surface area contributed by atoms with Crippen molar-refractivity contribution in [3.05, 3.63) is 69.8 Å². The molecule has 8 nitrogen and oxygen atoms in total. The summed E-state index contributed by atoms with van der Waals surface area (Å²) in [4.78, 5) is 26.2. The number of rotatable bonds is 6. The molecule has 0 radical (unpaired) electrons. The Morgan fingerprint density at radius 3 is 2.54 bits per heavy atom. The van der Waals surface area contributed by atoms with Crippen LogP contribution in [0.2, 0.25) is 0 Å². The Balaban J connectivity index is 2.00. The van der Waals surface area contributed by atoms with E-state index in [-0.39, 0.29) is 23.9 Å². The number of phenolic OH excluding ortho intramolecular Hbond substituents is 2. The van der Waals surface area contributed by atoms with Gasteiger partial charge in [-0.15, -0.1) is 10.1 Å². The molecule has 0 fully saturated rings. The lowest BCUT2D eigenvalue weighted by Gasteiger charge is -2.04. The highest BCUT2D eigenvalue weighted by Crippen LogP contribution is 2.21. The van der Waals surface area contributed by atoms with Crippen molar-refractivity contribution in [3.8, 4) is 17.2 Å². The topological polar surface area (TPSA) is 119 Å². The van der Waals surface area contributed by atoms with E-state index in [0.29, 0.717) is 11.1 Å². The first-order valence-electron chi connectivity index (χ1n) is 6.71. The average molecular weight is 331 g/mol. The van der Waals surface area contributed by atoms with Crippen LogP contribution in [0.5, 0.6) is 17.2 Å². The fourth-order valence-electron chi connectivity index (χ4n) is 1.85. The van der Waals surface area contributed by atoms with Gasteiger partial charge in [-0.1, -0.05) is 12.1 Å². The van der Waals surface area contributed by atoms with Crippen LogP contribution in [0.1, 0.15) is 11.1 Å². The first-order valence-corrected chi connectivity index (χ1v) is 6.71. The first kappa shape index (κ1) is 16.8. The van der Waals surface area contributed by atoms with Gasteiger partial charge in [-0.25, -0.2) is 4.79 Å². The van der Waals surface area contributed by atoms with E-state index in [0.717, 1.165) is 12.1 Å². The van der Waals surface area contributed by atoms with Crippen LogP contribution in [-0.2, 0) is 16.2 Å². The molecule has 0 amide bonds. The zero-order valence-corrected chi connectivity index (χ0v) is 12.3. The van der Waals surface area contributed by atoms with E-state index in [1.165, 1.54) is 30.3 Å². The van der Waals surface area contributed by atoms with Crippen molar-refractivity contribution in [2.75, 3.05) is 0 Å². The van der Waals surface area contributed by atoms with Gasteiger partial charge < -0.3 is 19.8 Å². The minimum atomic E-state index is -0.911. The largest absolute Gasteiger partial charge is 0.508 e. The molecule has 0 aromatic heterocycles. The third kappa shape index (κ3) is 5.34. The third-order valence-electron chi connectivity index (χ3n) is 2.79. The summed E-state index contributed by atoms with van der Waals surface area (Å²) in [6.45, 7) is -0.253. The number of carbonyl (C=O) groups excluding carboxylic acids is 1. The molecule has 2 N–H and O–H groups in total. The summed E-state index contributed by atoms with van der Waals surface area (Å²) in [5.74, 6) is -0.763. The molecule has 0 spiro atoms. The van der Waals surface area contributed by atoms with Crippen molar-refractivity contribution in [2.45, 2.75) is 6.61 Å². The molecule has 0 unspecified atom stereocenters. The molecule has 124 valence electrons. The predicted molar refractivity (Wildman–Crippen MR) is 82.7 cm³/mol. The van der Waals surface area contributed by atoms with Crippen LogP contribution in [0.3, 0.4) is 0 Å². The molecule has 0 aliphatic carbocycles. The van der Waals surface area contributed by atoms with E-state index < -0.39 is 11.1 Å². The van der Waals surface area contributed by atoms with Crippen LogP contribution in [0.15, 0.2) is 48.5 Å². The molecule has 2 rings (SSSR count). The number of ether oxygens (including phenoxy) is 1. The van der Waals surface area contributed by atoms with Crippen LogP contribution in [-0.4, -0.2) is 21.3 Å². The van der Waals surface area contributed by atoms with Gasteiger partial charge in [-0.2, -0.15) is 0 Å². The molecule has 8 heteroatoms. The smallest absolute Gasteiger partial charge is 0.336 e. The van der Waals surface area contributed by atoms with Crippen molar-refractivity contribution in [1.29, 1.82) is 0 Å². The number of hydrogen-bond acceptors (Lipinski definition) is 7. The minimum absolute atomic E-state index is 0.137. The highest BCUT2D eigenvalue weighted by molar-refractivity contribution is 5.88. The molecule has 0 heterocycles. The SMILES string of the molecule is O=C(/C=C/c1cc(O)cc(O)c1)Oc1cccc(CO[N+](=O)[O-])c1. The second-order valence-electron chi connectivity index (χ2n) is 4.68. The fraction of sp³-hybridized carbons (Fsp3) is 0.0625. The molecule has 2 aromatic carbocycles. The molecular formula is C16H13NO7. The lowest BCUT2D eigenvalue weighted by Crippen LogP contribution is -2.05. The highest BCUT2D eigenvalue weighted by Gasteiger charge is 2.04. The van der Waals surface area contributed by atoms with E-state index in [1.54, 1.807) is 12.1 Å². The van der Waals surface area contributed by atoms with E-state index in [9.17, 15) is 25.1 Å². The van der Waals surface area contributed by atoms with Crippen LogP contribution >= 0.6 is 0 Å². The number of nitrogens with zero attached hydrogens (tertiary/aromatic N) is 1. The van der Waals surface area contributed by atoms with Gasteiger partial charge in [-0.05, 0) is 41.5 Å². The number of benzene rings is 2. The summed E-state index contributed by atoms with van der Waals surface area (Å²) in [6, 6.07) is 9.99. The molecular weight excluding hydrogens is 318 g/mol. The van der Waals surface area contributed by atoms with Crippen molar-refractivity contribution >= 4 is 12.0 Å². The predicted octanol–water partition coefficient (Wildman–Crippen LogP) is 2.42. The van der Waals surface area contributed by atoms with Crippen LogP contribution < -0.4 is 4.74 Å². The van der Waals surface area contributed by atoms with Gasteiger partial charge in [0.2, 0.25) is 0 Å². The van der Waals surface area contributed by atoms with Gasteiger partial charge >= 0.3 is 5.97 Å². The van der Waals surface area contributed by atoms with Crippen LogP contribution in [0.25, 0.3) is 6.08 Å². The van der Waals surface area contributed by atoms with Crippen molar-refractivity contribution in [3.63, 3.8) is 0 Å². The third-order valence-corrected chi connectivity index (χ3v) is 2.79. The Hall–Kier alpha value is -3.55. The van der Waals surface area contributed by atoms with Gasteiger partial charge in [0.25, 0.3) is 5.09 Å². The standard InChI is InChI=1S/C16H13NO7/c18-13-6-11(7-14(19)9-13)4-5-16(20)24-15-3-1-2-12(8-15)10-23-17(21)22/h1-9,18-19H,10H2/b5-4+. The Kier molecular flexibility index (Phi) is 5.35. The van der Waals surface area contributed by atoms with E-state index >= 15 is 0 Å². The van der Waals surface area contributed by atoms with Crippen molar-refractivity contribution in [1.82, 2.24) is 0 Å². The molecule has 0 saturated carbocycles. The number of phenols is 2. The summed E-state index contributed by atoms with van der Waals surface area (Å²) in [5.41, 5.74) is 0.886.